The largest absolute Gasteiger partial charge is 0.493 e. The minimum atomic E-state index is -0.770. The standard InChI is InChI=1S/C46H42O16/c1-3-39(47)55-25-5-23-53-33-15-7-29(8-16-33)43(49)59-35-19-11-31(12-20-35)45(51)61-37-27-57-42-38(28-58-41(37)42)62-46(52)32-13-21-36(22-14-32)60-44(50)30-9-17-34(18-10-30)54-24-6-26-56-40(48)4-2/h3-4,7-22,37-38,41-42H,1-2,5-6,23-28H2/t37-,38?,41+,42+/m0/s1. The number of ether oxygens (including phenoxy) is 10. The molecule has 0 spiro atoms. The van der Waals surface area contributed by atoms with Crippen LogP contribution in [-0.4, -0.2) is 99.9 Å². The van der Waals surface area contributed by atoms with E-state index in [2.05, 4.69) is 13.2 Å². The Labute approximate surface area is 355 Å². The second-order valence-electron chi connectivity index (χ2n) is 13.5. The first kappa shape index (κ1) is 44.3. The number of benzene rings is 4. The molecule has 62 heavy (non-hydrogen) atoms. The maximum Gasteiger partial charge on any atom is 0.343 e. The molecule has 4 atom stereocenters. The van der Waals surface area contributed by atoms with Crippen LogP contribution < -0.4 is 18.9 Å². The first-order chi connectivity index (χ1) is 30.1. The highest BCUT2D eigenvalue weighted by Gasteiger charge is 2.51. The summed E-state index contributed by atoms with van der Waals surface area (Å²) in [6.07, 6.45) is 0.250. The molecule has 0 radical (unpaired) electrons. The van der Waals surface area contributed by atoms with Crippen molar-refractivity contribution in [2.45, 2.75) is 37.3 Å². The second kappa shape index (κ2) is 21.8. The molecule has 322 valence electrons. The summed E-state index contributed by atoms with van der Waals surface area (Å²) in [5, 5.41) is 0. The van der Waals surface area contributed by atoms with Crippen LogP contribution in [0.4, 0.5) is 0 Å². The first-order valence-electron chi connectivity index (χ1n) is 19.4. The predicted octanol–water partition coefficient (Wildman–Crippen LogP) is 5.67. The summed E-state index contributed by atoms with van der Waals surface area (Å²) in [6, 6.07) is 24.3. The van der Waals surface area contributed by atoms with Crippen molar-refractivity contribution in [3.05, 3.63) is 145 Å². The highest BCUT2D eigenvalue weighted by Crippen LogP contribution is 2.32. The number of rotatable bonds is 20. The maximum absolute atomic E-state index is 13.0. The first-order valence-corrected chi connectivity index (χ1v) is 19.4. The number of esters is 6. The molecule has 6 rings (SSSR count). The SMILES string of the molecule is C=CC(=O)OCCCOc1ccc(C(=O)Oc2ccc(C(=O)OC3CO[C@@H]4[C@@H](OC(=O)c5ccc(OC(=O)c6ccc(OCCCOC(=O)C=C)cc6)cc5)CO[C@H]34)cc2)cc1. The fourth-order valence-electron chi connectivity index (χ4n) is 6.03. The molecule has 2 saturated heterocycles. The molecule has 0 aromatic heterocycles. The van der Waals surface area contributed by atoms with E-state index < -0.39 is 60.2 Å². The highest BCUT2D eigenvalue weighted by atomic mass is 16.7. The summed E-state index contributed by atoms with van der Waals surface area (Å²) in [7, 11) is 0. The van der Waals surface area contributed by atoms with Gasteiger partial charge in [0.2, 0.25) is 0 Å². The van der Waals surface area contributed by atoms with Gasteiger partial charge in [0.25, 0.3) is 0 Å². The Morgan fingerprint density at radius 3 is 1.13 bits per heavy atom. The van der Waals surface area contributed by atoms with Gasteiger partial charge < -0.3 is 47.4 Å². The molecule has 0 aliphatic carbocycles. The third-order valence-electron chi connectivity index (χ3n) is 9.20. The van der Waals surface area contributed by atoms with Crippen LogP contribution in [0, 0.1) is 0 Å². The van der Waals surface area contributed by atoms with Gasteiger partial charge in [0.1, 0.15) is 35.2 Å². The summed E-state index contributed by atoms with van der Waals surface area (Å²) < 4.78 is 54.9. The van der Waals surface area contributed by atoms with Gasteiger partial charge in [-0.3, -0.25) is 0 Å². The van der Waals surface area contributed by atoms with Gasteiger partial charge in [-0.15, -0.1) is 0 Å². The van der Waals surface area contributed by atoms with Crippen molar-refractivity contribution < 1.29 is 76.1 Å². The van der Waals surface area contributed by atoms with Crippen molar-refractivity contribution in [1.82, 2.24) is 0 Å². The second-order valence-corrected chi connectivity index (χ2v) is 13.5. The van der Waals surface area contributed by atoms with Gasteiger partial charge in [0.15, 0.2) is 12.2 Å². The van der Waals surface area contributed by atoms with Crippen molar-refractivity contribution in [1.29, 1.82) is 0 Å². The van der Waals surface area contributed by atoms with Crippen LogP contribution in [0.1, 0.15) is 54.3 Å². The number of hydrogen-bond acceptors (Lipinski definition) is 16. The van der Waals surface area contributed by atoms with Crippen LogP contribution in [0.2, 0.25) is 0 Å². The number of hydrogen-bond donors (Lipinski definition) is 0. The van der Waals surface area contributed by atoms with E-state index >= 15 is 0 Å². The minimum absolute atomic E-state index is 0.0185. The zero-order chi connectivity index (χ0) is 43.8. The topological polar surface area (TPSA) is 195 Å². The van der Waals surface area contributed by atoms with Crippen molar-refractivity contribution in [2.24, 2.45) is 0 Å². The van der Waals surface area contributed by atoms with E-state index in [0.717, 1.165) is 12.2 Å². The van der Waals surface area contributed by atoms with E-state index in [9.17, 15) is 28.8 Å². The van der Waals surface area contributed by atoms with Gasteiger partial charge in [-0.2, -0.15) is 0 Å². The average Bonchev–Trinajstić information content (AvgIpc) is 3.89. The normalized spacial score (nSPS) is 17.4. The van der Waals surface area contributed by atoms with Gasteiger partial charge in [-0.05, 0) is 97.1 Å². The summed E-state index contributed by atoms with van der Waals surface area (Å²) in [5.74, 6) is -2.08. The lowest BCUT2D eigenvalue weighted by Gasteiger charge is -2.17. The number of carbonyl (C=O) groups excluding carboxylic acids is 6. The quantitative estimate of drug-likeness (QED) is 0.0347. The average molecular weight is 851 g/mol. The van der Waals surface area contributed by atoms with Crippen LogP contribution in [0.15, 0.2) is 122 Å². The van der Waals surface area contributed by atoms with E-state index in [1.54, 1.807) is 48.5 Å². The molecule has 0 N–H and O–H groups in total. The van der Waals surface area contributed by atoms with Crippen molar-refractivity contribution >= 4 is 35.8 Å². The molecule has 2 aliphatic heterocycles. The van der Waals surface area contributed by atoms with Crippen molar-refractivity contribution in [3.8, 4) is 23.0 Å². The summed E-state index contributed by atoms with van der Waals surface area (Å²) >= 11 is 0. The highest BCUT2D eigenvalue weighted by molar-refractivity contribution is 5.93. The lowest BCUT2D eigenvalue weighted by Crippen LogP contribution is -2.36. The Kier molecular flexibility index (Phi) is 15.6. The number of fused-ring (bicyclic) bond motifs is 1. The van der Waals surface area contributed by atoms with E-state index in [4.69, 9.17) is 47.4 Å². The molecule has 16 nitrogen and oxygen atoms in total. The van der Waals surface area contributed by atoms with Crippen LogP contribution in [-0.2, 0) is 38.0 Å². The third-order valence-corrected chi connectivity index (χ3v) is 9.20. The van der Waals surface area contributed by atoms with Crippen molar-refractivity contribution in [3.63, 3.8) is 0 Å². The molecule has 2 fully saturated rings. The Hall–Kier alpha value is -7.30. The van der Waals surface area contributed by atoms with Gasteiger partial charge in [0, 0.05) is 25.0 Å². The molecule has 2 aliphatic rings. The van der Waals surface area contributed by atoms with Gasteiger partial charge >= 0.3 is 35.8 Å². The molecule has 0 saturated carbocycles. The Bertz CT molecular complexity index is 2060. The van der Waals surface area contributed by atoms with E-state index in [-0.39, 0.29) is 60.2 Å². The van der Waals surface area contributed by atoms with Gasteiger partial charge in [-0.1, -0.05) is 13.2 Å². The monoisotopic (exact) mass is 850 g/mol. The maximum atomic E-state index is 13.0. The van der Waals surface area contributed by atoms with Gasteiger partial charge in [0.05, 0.1) is 61.9 Å². The molecule has 2 heterocycles. The molecule has 16 heteroatoms. The minimum Gasteiger partial charge on any atom is -0.493 e. The molecule has 4 aromatic rings. The predicted molar refractivity (Wildman–Crippen MR) is 216 cm³/mol. The lowest BCUT2D eigenvalue weighted by molar-refractivity contribution is -0.138. The van der Waals surface area contributed by atoms with Gasteiger partial charge in [-0.25, -0.2) is 28.8 Å². The number of carbonyl (C=O) groups is 6. The molecule has 4 aromatic carbocycles. The zero-order valence-corrected chi connectivity index (χ0v) is 33.3. The summed E-state index contributed by atoms with van der Waals surface area (Å²) in [4.78, 5) is 73.6. The zero-order valence-electron chi connectivity index (χ0n) is 33.3. The van der Waals surface area contributed by atoms with E-state index in [1.165, 1.54) is 48.5 Å². The molecular formula is C46H42O16. The Morgan fingerprint density at radius 1 is 0.468 bits per heavy atom. The van der Waals surface area contributed by atoms with Crippen LogP contribution in [0.5, 0.6) is 23.0 Å². The lowest BCUT2D eigenvalue weighted by atomic mass is 10.1. The Balaban J connectivity index is 0.901. The Morgan fingerprint density at radius 2 is 0.790 bits per heavy atom. The summed E-state index contributed by atoms with van der Waals surface area (Å²) in [5.41, 5.74) is 0.956. The van der Waals surface area contributed by atoms with E-state index in [1.807, 2.05) is 0 Å². The van der Waals surface area contributed by atoms with Crippen LogP contribution in [0.25, 0.3) is 0 Å². The van der Waals surface area contributed by atoms with Crippen molar-refractivity contribution in [2.75, 3.05) is 39.6 Å². The molecule has 0 amide bonds. The fraction of sp³-hybridized carbons (Fsp3) is 0.261. The van der Waals surface area contributed by atoms with Crippen LogP contribution in [0.3, 0.4) is 0 Å². The van der Waals surface area contributed by atoms with Crippen LogP contribution >= 0.6 is 0 Å². The third kappa shape index (κ3) is 12.4. The molecular weight excluding hydrogens is 808 g/mol. The smallest absolute Gasteiger partial charge is 0.343 e. The molecule has 1 unspecified atom stereocenters. The van der Waals surface area contributed by atoms with E-state index in [0.29, 0.717) is 37.6 Å². The summed E-state index contributed by atoms with van der Waals surface area (Å²) in [6.45, 7) is 7.70. The fourth-order valence-corrected chi connectivity index (χ4v) is 6.03. The molecule has 0 bridgehead atoms.